The number of aliphatic hydroxyl groups is 1. The number of rotatable bonds is 3. The van der Waals surface area contributed by atoms with Gasteiger partial charge in [-0.2, -0.15) is 0 Å². The molecule has 4 rings (SSSR count). The van der Waals surface area contributed by atoms with E-state index in [0.29, 0.717) is 18.7 Å². The normalized spacial score (nSPS) is 21.3. The highest BCUT2D eigenvalue weighted by Gasteiger charge is 2.32. The van der Waals surface area contributed by atoms with Crippen LogP contribution >= 0.6 is 11.3 Å². The van der Waals surface area contributed by atoms with Crippen molar-refractivity contribution in [3.05, 3.63) is 40.4 Å². The third kappa shape index (κ3) is 3.08. The predicted molar refractivity (Wildman–Crippen MR) is 95.1 cm³/mol. The highest BCUT2D eigenvalue weighted by Crippen LogP contribution is 2.38. The summed E-state index contributed by atoms with van der Waals surface area (Å²) in [6.45, 7) is 3.41. The first-order chi connectivity index (χ1) is 12.2. The third-order valence-corrected chi connectivity index (χ3v) is 6.02. The van der Waals surface area contributed by atoms with Gasteiger partial charge >= 0.3 is 5.97 Å². The molecule has 7 heteroatoms. The van der Waals surface area contributed by atoms with E-state index in [1.54, 1.807) is 6.07 Å². The number of thiazole rings is 1. The molecule has 0 spiro atoms. The molecule has 1 atom stereocenters. The number of β-amino-alcohol motifs (C(OH)–C–C–N with tert-alkyl or cyclic N) is 1. The molecule has 3 heterocycles. The summed E-state index contributed by atoms with van der Waals surface area (Å²) in [6.07, 6.45) is 1.86. The van der Waals surface area contributed by atoms with Gasteiger partial charge in [-0.25, -0.2) is 19.8 Å². The maximum absolute atomic E-state index is 12.0. The van der Waals surface area contributed by atoms with Crippen molar-refractivity contribution < 1.29 is 14.6 Å². The van der Waals surface area contributed by atoms with Crippen molar-refractivity contribution in [3.8, 4) is 10.6 Å². The molecule has 1 aromatic carbocycles. The monoisotopic (exact) mass is 359 g/mol. The quantitative estimate of drug-likeness (QED) is 0.850. The van der Waals surface area contributed by atoms with E-state index in [1.807, 2.05) is 18.2 Å². The standard InChI is InChI=1S/C18H21N3O3S/c1-24-18(23)13-7-3-2-6-12(13)17-19-14-10-21(20-8-4-5-9-20)11-15(22)16(14)25-17/h2-3,6-7,15,22H,4-5,8-11H2,1H3. The van der Waals surface area contributed by atoms with Gasteiger partial charge in [0.1, 0.15) is 11.1 Å². The summed E-state index contributed by atoms with van der Waals surface area (Å²) in [6, 6.07) is 7.32. The van der Waals surface area contributed by atoms with Crippen LogP contribution in [0.3, 0.4) is 0 Å². The van der Waals surface area contributed by atoms with E-state index in [-0.39, 0.29) is 5.97 Å². The molecule has 1 fully saturated rings. The molecule has 0 aliphatic carbocycles. The van der Waals surface area contributed by atoms with Crippen molar-refractivity contribution in [3.63, 3.8) is 0 Å². The van der Waals surface area contributed by atoms with Gasteiger partial charge in [-0.15, -0.1) is 11.3 Å². The van der Waals surface area contributed by atoms with Crippen LogP contribution in [-0.2, 0) is 11.3 Å². The number of benzene rings is 1. The van der Waals surface area contributed by atoms with Gasteiger partial charge in [0.15, 0.2) is 0 Å². The number of hydrogen-bond acceptors (Lipinski definition) is 7. The SMILES string of the molecule is COC(=O)c1ccccc1-c1nc2c(s1)C(O)CN(N1CCCC1)C2. The lowest BCUT2D eigenvalue weighted by molar-refractivity contribution is -0.0549. The minimum absolute atomic E-state index is 0.372. The molecule has 2 aromatic rings. The predicted octanol–water partition coefficient (Wildman–Crippen LogP) is 2.46. The Labute approximate surface area is 150 Å². The summed E-state index contributed by atoms with van der Waals surface area (Å²) in [7, 11) is 1.38. The summed E-state index contributed by atoms with van der Waals surface area (Å²) < 4.78 is 4.88. The number of hydrogen-bond donors (Lipinski definition) is 1. The largest absolute Gasteiger partial charge is 0.465 e. The fraction of sp³-hybridized carbons (Fsp3) is 0.444. The summed E-state index contributed by atoms with van der Waals surface area (Å²) in [4.78, 5) is 17.7. The molecule has 0 bridgehead atoms. The maximum atomic E-state index is 12.0. The third-order valence-electron chi connectivity index (χ3n) is 4.79. The van der Waals surface area contributed by atoms with Crippen LogP contribution in [0.15, 0.2) is 24.3 Å². The van der Waals surface area contributed by atoms with Crippen molar-refractivity contribution in [1.29, 1.82) is 0 Å². The molecule has 1 unspecified atom stereocenters. The van der Waals surface area contributed by atoms with Gasteiger partial charge in [0.2, 0.25) is 0 Å². The molecule has 132 valence electrons. The summed E-state index contributed by atoms with van der Waals surface area (Å²) in [5.41, 5.74) is 2.17. The number of esters is 1. The first kappa shape index (κ1) is 16.7. The maximum Gasteiger partial charge on any atom is 0.338 e. The zero-order chi connectivity index (χ0) is 17.4. The van der Waals surface area contributed by atoms with E-state index < -0.39 is 6.10 Å². The minimum Gasteiger partial charge on any atom is -0.465 e. The van der Waals surface area contributed by atoms with Crippen LogP contribution in [-0.4, -0.2) is 52.8 Å². The zero-order valence-corrected chi connectivity index (χ0v) is 15.0. The lowest BCUT2D eigenvalue weighted by atomic mass is 10.1. The van der Waals surface area contributed by atoms with Gasteiger partial charge in [-0.1, -0.05) is 18.2 Å². The van der Waals surface area contributed by atoms with Crippen molar-refractivity contribution in [2.45, 2.75) is 25.5 Å². The molecule has 2 aliphatic heterocycles. The van der Waals surface area contributed by atoms with Crippen molar-refractivity contribution >= 4 is 17.3 Å². The van der Waals surface area contributed by atoms with Gasteiger partial charge in [0.25, 0.3) is 0 Å². The molecule has 6 nitrogen and oxygen atoms in total. The Kier molecular flexibility index (Phi) is 4.56. The summed E-state index contributed by atoms with van der Waals surface area (Å²) in [5.74, 6) is -0.372. The fourth-order valence-electron chi connectivity index (χ4n) is 3.53. The van der Waals surface area contributed by atoms with Crippen LogP contribution < -0.4 is 0 Å². The number of methoxy groups -OCH3 is 1. The number of carbonyl (C=O) groups excluding carboxylic acids is 1. The van der Waals surface area contributed by atoms with Crippen LogP contribution in [0.4, 0.5) is 0 Å². The van der Waals surface area contributed by atoms with E-state index in [9.17, 15) is 9.90 Å². The Balaban J connectivity index is 1.67. The van der Waals surface area contributed by atoms with Crippen LogP contribution in [0.1, 0.15) is 39.9 Å². The van der Waals surface area contributed by atoms with Gasteiger partial charge in [-0.3, -0.25) is 0 Å². The summed E-state index contributed by atoms with van der Waals surface area (Å²) in [5, 5.41) is 15.9. The Hall–Kier alpha value is -1.80. The number of nitrogens with zero attached hydrogens (tertiary/aromatic N) is 3. The number of fused-ring (bicyclic) bond motifs is 1. The van der Waals surface area contributed by atoms with Gasteiger partial charge in [0.05, 0.1) is 29.8 Å². The van der Waals surface area contributed by atoms with E-state index in [1.165, 1.54) is 31.3 Å². The van der Waals surface area contributed by atoms with Gasteiger partial charge < -0.3 is 9.84 Å². The first-order valence-electron chi connectivity index (χ1n) is 8.52. The van der Waals surface area contributed by atoms with Crippen LogP contribution in [0, 0.1) is 0 Å². The van der Waals surface area contributed by atoms with Crippen molar-refractivity contribution in [1.82, 2.24) is 15.0 Å². The number of aliphatic hydroxyl groups excluding tert-OH is 1. The number of carbonyl (C=O) groups is 1. The Morgan fingerprint density at radius 3 is 2.80 bits per heavy atom. The van der Waals surface area contributed by atoms with Gasteiger partial charge in [-0.05, 0) is 18.9 Å². The molecule has 1 aromatic heterocycles. The minimum atomic E-state index is -0.541. The highest BCUT2D eigenvalue weighted by molar-refractivity contribution is 7.15. The first-order valence-corrected chi connectivity index (χ1v) is 9.34. The van der Waals surface area contributed by atoms with E-state index in [0.717, 1.165) is 34.2 Å². The molecular weight excluding hydrogens is 338 g/mol. The Morgan fingerprint density at radius 2 is 2.04 bits per heavy atom. The highest BCUT2D eigenvalue weighted by atomic mass is 32.1. The average Bonchev–Trinajstić information content (AvgIpc) is 3.30. The smallest absolute Gasteiger partial charge is 0.338 e. The molecule has 2 aliphatic rings. The zero-order valence-electron chi connectivity index (χ0n) is 14.1. The van der Waals surface area contributed by atoms with Crippen LogP contribution in [0.5, 0.6) is 0 Å². The molecule has 1 N–H and O–H groups in total. The second-order valence-electron chi connectivity index (χ2n) is 6.39. The van der Waals surface area contributed by atoms with Gasteiger partial charge in [0, 0.05) is 25.2 Å². The average molecular weight is 359 g/mol. The lowest BCUT2D eigenvalue weighted by Crippen LogP contribution is -2.44. The number of hydrazine groups is 1. The van der Waals surface area contributed by atoms with E-state index in [4.69, 9.17) is 9.72 Å². The van der Waals surface area contributed by atoms with Crippen LogP contribution in [0.2, 0.25) is 0 Å². The second kappa shape index (κ2) is 6.84. The van der Waals surface area contributed by atoms with E-state index in [2.05, 4.69) is 10.0 Å². The topological polar surface area (TPSA) is 65.9 Å². The Morgan fingerprint density at radius 1 is 1.28 bits per heavy atom. The van der Waals surface area contributed by atoms with Crippen molar-refractivity contribution in [2.24, 2.45) is 0 Å². The van der Waals surface area contributed by atoms with Crippen LogP contribution in [0.25, 0.3) is 10.6 Å². The molecule has 0 saturated carbocycles. The molecule has 0 radical (unpaired) electrons. The molecule has 25 heavy (non-hydrogen) atoms. The Bertz CT molecular complexity index is 786. The fourth-order valence-corrected chi connectivity index (χ4v) is 4.62. The molecule has 1 saturated heterocycles. The number of ether oxygens (including phenoxy) is 1. The summed E-state index contributed by atoms with van der Waals surface area (Å²) >= 11 is 1.47. The number of aromatic nitrogens is 1. The van der Waals surface area contributed by atoms with Crippen molar-refractivity contribution in [2.75, 3.05) is 26.7 Å². The second-order valence-corrected chi connectivity index (χ2v) is 7.42. The molecule has 0 amide bonds. The lowest BCUT2D eigenvalue weighted by Gasteiger charge is -2.35. The van der Waals surface area contributed by atoms with E-state index >= 15 is 0 Å². The molecular formula is C18H21N3O3S.